The molecule has 0 spiro atoms. The van der Waals surface area contributed by atoms with Gasteiger partial charge < -0.3 is 9.47 Å². The van der Waals surface area contributed by atoms with Crippen LogP contribution in [-0.2, 0) is 6.61 Å². The summed E-state index contributed by atoms with van der Waals surface area (Å²) in [5.41, 5.74) is 2.43. The number of allylic oxidation sites excluding steroid dienone is 1. The van der Waals surface area contributed by atoms with Crippen LogP contribution in [0.4, 0.5) is 0 Å². The number of fused-ring (bicyclic) bond motifs is 1. The molecule has 0 saturated heterocycles. The Morgan fingerprint density at radius 2 is 1.58 bits per heavy atom. The number of hydrogen-bond acceptors (Lipinski definition) is 4. The molecule has 0 amide bonds. The van der Waals surface area contributed by atoms with Gasteiger partial charge in [0, 0.05) is 15.6 Å². The number of rotatable bonds is 5. The number of carbonyl (C=O) groups is 2. The minimum Gasteiger partial charge on any atom is -0.493 e. The molecule has 0 fully saturated rings. The highest BCUT2D eigenvalue weighted by atomic mass is 79.9. The van der Waals surface area contributed by atoms with Crippen LogP contribution >= 0.6 is 39.1 Å². The van der Waals surface area contributed by atoms with Gasteiger partial charge in [0.15, 0.2) is 23.1 Å². The fourth-order valence-corrected chi connectivity index (χ4v) is 4.04. The molecule has 4 nitrogen and oxygen atoms in total. The van der Waals surface area contributed by atoms with Crippen molar-refractivity contribution in [3.05, 3.63) is 96.9 Å². The van der Waals surface area contributed by atoms with Crippen molar-refractivity contribution in [3.63, 3.8) is 0 Å². The Hall–Kier alpha value is -2.60. The first kappa shape index (κ1) is 21.6. The highest BCUT2D eigenvalue weighted by Gasteiger charge is 2.32. The lowest BCUT2D eigenvalue weighted by Crippen LogP contribution is -2.01. The van der Waals surface area contributed by atoms with Gasteiger partial charge in [0.05, 0.1) is 22.7 Å². The van der Waals surface area contributed by atoms with E-state index in [1.807, 2.05) is 6.07 Å². The monoisotopic (exact) mass is 516 g/mol. The van der Waals surface area contributed by atoms with Crippen LogP contribution in [0.5, 0.6) is 11.5 Å². The fourth-order valence-electron chi connectivity index (χ4n) is 3.28. The van der Waals surface area contributed by atoms with E-state index in [1.165, 1.54) is 7.11 Å². The van der Waals surface area contributed by atoms with E-state index in [0.29, 0.717) is 42.7 Å². The van der Waals surface area contributed by atoms with Gasteiger partial charge in [-0.05, 0) is 41.5 Å². The lowest BCUT2D eigenvalue weighted by Gasteiger charge is -2.13. The van der Waals surface area contributed by atoms with Gasteiger partial charge in [-0.15, -0.1) is 0 Å². The maximum absolute atomic E-state index is 12.7. The summed E-state index contributed by atoms with van der Waals surface area (Å²) < 4.78 is 12.0. The third-order valence-corrected chi connectivity index (χ3v) is 6.29. The van der Waals surface area contributed by atoms with Crippen molar-refractivity contribution in [1.29, 1.82) is 0 Å². The minimum atomic E-state index is -0.286. The third-order valence-electron chi connectivity index (χ3n) is 4.87. The topological polar surface area (TPSA) is 52.6 Å². The standard InChI is InChI=1S/C24H15BrCl2O4/c1-30-21-10-14(9-17-23(28)15-4-2-3-5-16(15)24(17)29)18(25)11-22(21)31-12-13-6-7-19(26)20(27)8-13/h2-11H,12H2,1H3. The van der Waals surface area contributed by atoms with Crippen LogP contribution in [0.1, 0.15) is 31.8 Å². The molecule has 0 heterocycles. The maximum Gasteiger partial charge on any atom is 0.197 e. The molecule has 0 aliphatic heterocycles. The van der Waals surface area contributed by atoms with E-state index >= 15 is 0 Å². The van der Waals surface area contributed by atoms with Crippen LogP contribution in [0.2, 0.25) is 10.0 Å². The molecular weight excluding hydrogens is 503 g/mol. The molecule has 1 aliphatic carbocycles. The first-order valence-electron chi connectivity index (χ1n) is 9.23. The lowest BCUT2D eigenvalue weighted by atomic mass is 10.1. The summed E-state index contributed by atoms with van der Waals surface area (Å²) in [6.45, 7) is 0.256. The Kier molecular flexibility index (Phi) is 6.19. The summed E-state index contributed by atoms with van der Waals surface area (Å²) in [5.74, 6) is 0.387. The first-order valence-corrected chi connectivity index (χ1v) is 10.8. The predicted octanol–water partition coefficient (Wildman–Crippen LogP) is 6.81. The Morgan fingerprint density at radius 3 is 2.19 bits per heavy atom. The minimum absolute atomic E-state index is 0.119. The zero-order valence-electron chi connectivity index (χ0n) is 16.2. The zero-order valence-corrected chi connectivity index (χ0v) is 19.3. The van der Waals surface area contributed by atoms with Crippen LogP contribution in [0, 0.1) is 0 Å². The molecule has 0 radical (unpaired) electrons. The van der Waals surface area contributed by atoms with Gasteiger partial charge in [-0.25, -0.2) is 0 Å². The zero-order chi connectivity index (χ0) is 22.1. The summed E-state index contributed by atoms with van der Waals surface area (Å²) in [6, 6.07) is 15.5. The second-order valence-corrected chi connectivity index (χ2v) is 8.49. The summed E-state index contributed by atoms with van der Waals surface area (Å²) in [5, 5.41) is 0.922. The molecule has 7 heteroatoms. The quantitative estimate of drug-likeness (QED) is 0.275. The summed E-state index contributed by atoms with van der Waals surface area (Å²) in [7, 11) is 1.52. The second-order valence-electron chi connectivity index (χ2n) is 6.82. The summed E-state index contributed by atoms with van der Waals surface area (Å²) in [6.07, 6.45) is 1.57. The number of carbonyl (C=O) groups excluding carboxylic acids is 2. The number of halogens is 3. The van der Waals surface area contributed by atoms with Crippen LogP contribution in [-0.4, -0.2) is 18.7 Å². The molecule has 0 bridgehead atoms. The number of hydrogen-bond donors (Lipinski definition) is 0. The molecule has 0 saturated carbocycles. The van der Waals surface area contributed by atoms with Crippen molar-refractivity contribution < 1.29 is 19.1 Å². The smallest absolute Gasteiger partial charge is 0.197 e. The summed E-state index contributed by atoms with van der Waals surface area (Å²) >= 11 is 15.5. The van der Waals surface area contributed by atoms with Crippen molar-refractivity contribution in [1.82, 2.24) is 0 Å². The molecule has 0 unspecified atom stereocenters. The van der Waals surface area contributed by atoms with Crippen LogP contribution in [0.15, 0.2) is 64.6 Å². The highest BCUT2D eigenvalue weighted by molar-refractivity contribution is 9.10. The van der Waals surface area contributed by atoms with E-state index in [9.17, 15) is 9.59 Å². The second kappa shape index (κ2) is 8.87. The van der Waals surface area contributed by atoms with Crippen LogP contribution in [0.3, 0.4) is 0 Å². The number of ether oxygens (including phenoxy) is 2. The average Bonchev–Trinajstić information content (AvgIpc) is 3.01. The SMILES string of the molecule is COc1cc(C=C2C(=O)c3ccccc3C2=O)c(Br)cc1OCc1ccc(Cl)c(Cl)c1. The molecule has 0 aromatic heterocycles. The summed E-state index contributed by atoms with van der Waals surface area (Å²) in [4.78, 5) is 25.3. The molecule has 3 aromatic carbocycles. The Morgan fingerprint density at radius 1 is 0.903 bits per heavy atom. The first-order chi connectivity index (χ1) is 14.9. The van der Waals surface area contributed by atoms with Crippen molar-refractivity contribution in [2.75, 3.05) is 7.11 Å². The molecule has 4 rings (SSSR count). The maximum atomic E-state index is 12.7. The van der Waals surface area contributed by atoms with E-state index < -0.39 is 0 Å². The van der Waals surface area contributed by atoms with E-state index in [-0.39, 0.29) is 23.7 Å². The average molecular weight is 518 g/mol. The van der Waals surface area contributed by atoms with Crippen molar-refractivity contribution in [3.8, 4) is 11.5 Å². The highest BCUT2D eigenvalue weighted by Crippen LogP contribution is 2.37. The van der Waals surface area contributed by atoms with Gasteiger partial charge >= 0.3 is 0 Å². The van der Waals surface area contributed by atoms with Gasteiger partial charge in [-0.1, -0.05) is 69.5 Å². The number of methoxy groups -OCH3 is 1. The molecule has 0 N–H and O–H groups in total. The van der Waals surface area contributed by atoms with E-state index in [1.54, 1.807) is 54.6 Å². The van der Waals surface area contributed by atoms with Crippen molar-refractivity contribution in [2.45, 2.75) is 6.61 Å². The number of ketones is 2. The van der Waals surface area contributed by atoms with Gasteiger partial charge in [0.1, 0.15) is 6.61 Å². The van der Waals surface area contributed by atoms with Crippen molar-refractivity contribution in [2.24, 2.45) is 0 Å². The molecular formula is C24H15BrCl2O4. The fraction of sp³-hybridized carbons (Fsp3) is 0.0833. The largest absolute Gasteiger partial charge is 0.493 e. The Labute approximate surface area is 197 Å². The molecule has 3 aromatic rings. The van der Waals surface area contributed by atoms with E-state index in [4.69, 9.17) is 32.7 Å². The van der Waals surface area contributed by atoms with Gasteiger partial charge in [-0.2, -0.15) is 0 Å². The Balaban J connectivity index is 1.62. The van der Waals surface area contributed by atoms with E-state index in [2.05, 4.69) is 15.9 Å². The van der Waals surface area contributed by atoms with Gasteiger partial charge in [-0.3, -0.25) is 9.59 Å². The number of Topliss-reactive ketones (excluding diaryl/α,β-unsaturated/α-hetero) is 2. The normalized spacial score (nSPS) is 12.7. The third kappa shape index (κ3) is 4.26. The molecule has 1 aliphatic rings. The Bertz CT molecular complexity index is 1210. The van der Waals surface area contributed by atoms with Crippen LogP contribution in [0.25, 0.3) is 6.08 Å². The van der Waals surface area contributed by atoms with Crippen LogP contribution < -0.4 is 9.47 Å². The number of benzene rings is 3. The molecule has 31 heavy (non-hydrogen) atoms. The van der Waals surface area contributed by atoms with Gasteiger partial charge in [0.2, 0.25) is 0 Å². The van der Waals surface area contributed by atoms with E-state index in [0.717, 1.165) is 5.56 Å². The predicted molar refractivity (Wildman–Crippen MR) is 125 cm³/mol. The van der Waals surface area contributed by atoms with Crippen molar-refractivity contribution >= 4 is 56.8 Å². The lowest BCUT2D eigenvalue weighted by molar-refractivity contribution is 0.0990. The molecule has 0 atom stereocenters. The van der Waals surface area contributed by atoms with Gasteiger partial charge in [0.25, 0.3) is 0 Å². The molecule has 156 valence electrons.